The van der Waals surface area contributed by atoms with Gasteiger partial charge in [0.1, 0.15) is 5.52 Å². The van der Waals surface area contributed by atoms with Gasteiger partial charge in [-0.3, -0.25) is 4.79 Å². The van der Waals surface area contributed by atoms with Crippen LogP contribution >= 0.6 is 0 Å². The summed E-state index contributed by atoms with van der Waals surface area (Å²) in [6.07, 6.45) is 0. The van der Waals surface area contributed by atoms with Crippen molar-refractivity contribution in [3.05, 3.63) is 54.1 Å². The average molecular weight is 338 g/mol. The van der Waals surface area contributed by atoms with Crippen LogP contribution in [0, 0.1) is 0 Å². The Kier molecular flexibility index (Phi) is 4.79. The van der Waals surface area contributed by atoms with E-state index in [1.165, 1.54) is 0 Å². The molecular weight excluding hydrogens is 320 g/mol. The maximum absolute atomic E-state index is 12.2. The molecule has 3 rings (SSSR count). The van der Waals surface area contributed by atoms with Crippen LogP contribution in [0.15, 0.2) is 53.1 Å². The number of carbonyl (C=O) groups is 2. The molecule has 0 radical (unpaired) electrons. The number of amides is 1. The number of nitrogens with one attached hydrogen (secondary N) is 1. The summed E-state index contributed by atoms with van der Waals surface area (Å²) in [5, 5.41) is 7.39. The van der Waals surface area contributed by atoms with E-state index in [9.17, 15) is 9.59 Å². The van der Waals surface area contributed by atoms with Crippen LogP contribution in [0.2, 0.25) is 0 Å². The molecular formula is C19H18N2O4. The zero-order chi connectivity index (χ0) is 17.8. The SMILES string of the molecule is CC(C)NC(=O)COC(=O)c1ccc2noc(-c3ccccc3)c2c1. The number of ether oxygens (including phenoxy) is 1. The molecule has 0 fully saturated rings. The molecule has 0 aliphatic carbocycles. The number of fused-ring (bicyclic) bond motifs is 1. The van der Waals surface area contributed by atoms with E-state index in [1.807, 2.05) is 44.2 Å². The number of carbonyl (C=O) groups excluding carboxylic acids is 2. The molecule has 1 aromatic heterocycles. The number of rotatable bonds is 5. The van der Waals surface area contributed by atoms with E-state index in [0.29, 0.717) is 22.2 Å². The van der Waals surface area contributed by atoms with E-state index in [-0.39, 0.29) is 18.6 Å². The van der Waals surface area contributed by atoms with Crippen LogP contribution < -0.4 is 5.32 Å². The van der Waals surface area contributed by atoms with Gasteiger partial charge < -0.3 is 14.6 Å². The van der Waals surface area contributed by atoms with E-state index in [2.05, 4.69) is 10.5 Å². The monoisotopic (exact) mass is 338 g/mol. The predicted octanol–water partition coefficient (Wildman–Crippen LogP) is 3.18. The number of esters is 1. The maximum atomic E-state index is 12.2. The molecule has 3 aromatic rings. The molecule has 0 saturated carbocycles. The fourth-order valence-electron chi connectivity index (χ4n) is 2.44. The molecule has 6 nitrogen and oxygen atoms in total. The highest BCUT2D eigenvalue weighted by Gasteiger charge is 2.15. The zero-order valence-electron chi connectivity index (χ0n) is 14.0. The van der Waals surface area contributed by atoms with Crippen LogP contribution in [0.4, 0.5) is 0 Å². The molecule has 0 unspecified atom stereocenters. The molecule has 128 valence electrons. The second kappa shape index (κ2) is 7.17. The average Bonchev–Trinajstić information content (AvgIpc) is 3.03. The van der Waals surface area contributed by atoms with Gasteiger partial charge in [-0.2, -0.15) is 0 Å². The van der Waals surface area contributed by atoms with Crippen molar-refractivity contribution in [2.24, 2.45) is 0 Å². The summed E-state index contributed by atoms with van der Waals surface area (Å²) >= 11 is 0. The molecule has 1 amide bonds. The lowest BCUT2D eigenvalue weighted by Crippen LogP contribution is -2.33. The smallest absolute Gasteiger partial charge is 0.338 e. The van der Waals surface area contributed by atoms with Gasteiger partial charge in [-0.15, -0.1) is 0 Å². The number of benzene rings is 2. The van der Waals surface area contributed by atoms with Crippen LogP contribution in [0.25, 0.3) is 22.2 Å². The minimum absolute atomic E-state index is 0.00649. The van der Waals surface area contributed by atoms with Crippen LogP contribution in [0.1, 0.15) is 24.2 Å². The second-order valence-corrected chi connectivity index (χ2v) is 5.91. The second-order valence-electron chi connectivity index (χ2n) is 5.91. The Hall–Kier alpha value is -3.15. The third-order valence-electron chi connectivity index (χ3n) is 3.53. The summed E-state index contributed by atoms with van der Waals surface area (Å²) in [6.45, 7) is 3.36. The van der Waals surface area contributed by atoms with Crippen molar-refractivity contribution in [1.29, 1.82) is 0 Å². The Bertz CT molecular complexity index is 900. The van der Waals surface area contributed by atoms with Gasteiger partial charge in [0.25, 0.3) is 5.91 Å². The van der Waals surface area contributed by atoms with Gasteiger partial charge in [-0.05, 0) is 32.0 Å². The first-order valence-corrected chi connectivity index (χ1v) is 7.96. The highest BCUT2D eigenvalue weighted by atomic mass is 16.5. The van der Waals surface area contributed by atoms with Crippen molar-refractivity contribution < 1.29 is 18.8 Å². The van der Waals surface area contributed by atoms with Gasteiger partial charge in [0, 0.05) is 11.6 Å². The van der Waals surface area contributed by atoms with Crippen molar-refractivity contribution in [3.63, 3.8) is 0 Å². The Morgan fingerprint density at radius 1 is 1.16 bits per heavy atom. The van der Waals surface area contributed by atoms with E-state index in [4.69, 9.17) is 9.26 Å². The Morgan fingerprint density at radius 3 is 2.64 bits per heavy atom. The zero-order valence-corrected chi connectivity index (χ0v) is 14.0. The summed E-state index contributed by atoms with van der Waals surface area (Å²) in [5.41, 5.74) is 1.85. The topological polar surface area (TPSA) is 81.4 Å². The molecule has 1 N–H and O–H groups in total. The summed E-state index contributed by atoms with van der Waals surface area (Å²) in [7, 11) is 0. The predicted molar refractivity (Wildman–Crippen MR) is 93.0 cm³/mol. The van der Waals surface area contributed by atoms with Gasteiger partial charge in [0.2, 0.25) is 0 Å². The maximum Gasteiger partial charge on any atom is 0.338 e. The molecule has 6 heteroatoms. The Balaban J connectivity index is 1.81. The van der Waals surface area contributed by atoms with Crippen LogP contribution in [0.3, 0.4) is 0 Å². The van der Waals surface area contributed by atoms with E-state index < -0.39 is 5.97 Å². The summed E-state index contributed by atoms with van der Waals surface area (Å²) < 4.78 is 10.5. The minimum Gasteiger partial charge on any atom is -0.452 e. The molecule has 2 aromatic carbocycles. The summed E-state index contributed by atoms with van der Waals surface area (Å²) in [6, 6.07) is 14.5. The first-order chi connectivity index (χ1) is 12.0. The lowest BCUT2D eigenvalue weighted by atomic mass is 10.1. The molecule has 0 aliphatic rings. The number of hydrogen-bond donors (Lipinski definition) is 1. The first-order valence-electron chi connectivity index (χ1n) is 7.96. The number of nitrogens with zero attached hydrogens (tertiary/aromatic N) is 1. The highest BCUT2D eigenvalue weighted by Crippen LogP contribution is 2.29. The van der Waals surface area contributed by atoms with Gasteiger partial charge >= 0.3 is 5.97 Å². The molecule has 0 bridgehead atoms. The van der Waals surface area contributed by atoms with E-state index in [1.54, 1.807) is 18.2 Å². The minimum atomic E-state index is -0.569. The van der Waals surface area contributed by atoms with Gasteiger partial charge in [-0.25, -0.2) is 4.79 Å². The van der Waals surface area contributed by atoms with Gasteiger partial charge in [0.15, 0.2) is 12.4 Å². The molecule has 0 atom stereocenters. The number of aromatic nitrogens is 1. The fraction of sp³-hybridized carbons (Fsp3) is 0.211. The molecule has 25 heavy (non-hydrogen) atoms. The standard InChI is InChI=1S/C19H18N2O4/c1-12(2)20-17(22)11-24-19(23)14-8-9-16-15(10-14)18(25-21-16)13-6-4-3-5-7-13/h3-10,12H,11H2,1-2H3,(H,20,22). The molecule has 0 spiro atoms. The van der Waals surface area contributed by atoms with Crippen LogP contribution in [-0.4, -0.2) is 29.7 Å². The molecule has 0 aliphatic heterocycles. The summed E-state index contributed by atoms with van der Waals surface area (Å²) in [4.78, 5) is 23.8. The quantitative estimate of drug-likeness (QED) is 0.723. The van der Waals surface area contributed by atoms with E-state index >= 15 is 0 Å². The van der Waals surface area contributed by atoms with Gasteiger partial charge in [0.05, 0.1) is 10.9 Å². The highest BCUT2D eigenvalue weighted by molar-refractivity contribution is 5.99. The van der Waals surface area contributed by atoms with Crippen molar-refractivity contribution >= 4 is 22.8 Å². The van der Waals surface area contributed by atoms with Gasteiger partial charge in [-0.1, -0.05) is 35.5 Å². The van der Waals surface area contributed by atoms with Crippen LogP contribution in [-0.2, 0) is 9.53 Å². The third-order valence-corrected chi connectivity index (χ3v) is 3.53. The van der Waals surface area contributed by atoms with Crippen molar-refractivity contribution in [2.75, 3.05) is 6.61 Å². The third kappa shape index (κ3) is 3.85. The summed E-state index contributed by atoms with van der Waals surface area (Å²) in [5.74, 6) is -0.316. The normalized spacial score (nSPS) is 10.8. The first kappa shape index (κ1) is 16.7. The van der Waals surface area contributed by atoms with Crippen molar-refractivity contribution in [1.82, 2.24) is 10.5 Å². The lowest BCUT2D eigenvalue weighted by Gasteiger charge is -2.08. The lowest BCUT2D eigenvalue weighted by molar-refractivity contribution is -0.124. The fourth-order valence-corrected chi connectivity index (χ4v) is 2.44. The Labute approximate surface area is 144 Å². The van der Waals surface area contributed by atoms with E-state index in [0.717, 1.165) is 5.56 Å². The van der Waals surface area contributed by atoms with Crippen molar-refractivity contribution in [2.45, 2.75) is 19.9 Å². The number of hydrogen-bond acceptors (Lipinski definition) is 5. The van der Waals surface area contributed by atoms with Crippen LogP contribution in [0.5, 0.6) is 0 Å². The molecule has 0 saturated heterocycles. The largest absolute Gasteiger partial charge is 0.452 e. The van der Waals surface area contributed by atoms with Crippen molar-refractivity contribution in [3.8, 4) is 11.3 Å². The Morgan fingerprint density at radius 2 is 1.92 bits per heavy atom. The molecule has 1 heterocycles.